The van der Waals surface area contributed by atoms with Gasteiger partial charge in [0.25, 0.3) is 0 Å². The molecule has 0 amide bonds. The summed E-state index contributed by atoms with van der Waals surface area (Å²) in [5.41, 5.74) is 0.938. The lowest BCUT2D eigenvalue weighted by Crippen LogP contribution is -1.92. The van der Waals surface area contributed by atoms with E-state index in [1.54, 1.807) is 13.3 Å². The fourth-order valence-electron chi connectivity index (χ4n) is 0.880. The average molecular weight is 355 g/mol. The fourth-order valence-corrected chi connectivity index (χ4v) is 2.02. The molecule has 0 fully saturated rings. The number of halogens is 2. The van der Waals surface area contributed by atoms with E-state index in [9.17, 15) is 0 Å². The van der Waals surface area contributed by atoms with E-state index >= 15 is 0 Å². The van der Waals surface area contributed by atoms with Crippen LogP contribution in [0, 0.1) is 3.57 Å². The topological polar surface area (TPSA) is 47.6 Å². The maximum Gasteiger partial charge on any atom is 0.133 e. The van der Waals surface area contributed by atoms with Gasteiger partial charge in [-0.3, -0.25) is 0 Å². The molecule has 1 aromatic carbocycles. The standard InChI is InChI=1S/C8H8BrIN2O/c1-13-8-3-6(9)5(4-12-11)2-7(8)10/h2-4H,11H2,1H3. The molecule has 0 aromatic heterocycles. The van der Waals surface area contributed by atoms with Crippen LogP contribution in [0.4, 0.5) is 0 Å². The summed E-state index contributed by atoms with van der Waals surface area (Å²) in [7, 11) is 1.64. The van der Waals surface area contributed by atoms with Crippen LogP contribution >= 0.6 is 38.5 Å². The van der Waals surface area contributed by atoms with E-state index in [1.807, 2.05) is 12.1 Å². The normalized spacial score (nSPS) is 10.7. The van der Waals surface area contributed by atoms with Crippen molar-refractivity contribution in [2.75, 3.05) is 7.11 Å². The Kier molecular flexibility index (Phi) is 3.98. The van der Waals surface area contributed by atoms with Crippen LogP contribution in [0.3, 0.4) is 0 Å². The molecular weight excluding hydrogens is 347 g/mol. The van der Waals surface area contributed by atoms with E-state index in [0.29, 0.717) is 0 Å². The molecular formula is C8H8BrIN2O. The first-order chi connectivity index (χ1) is 6.19. The Bertz CT molecular complexity index is 341. The van der Waals surface area contributed by atoms with Gasteiger partial charge in [-0.25, -0.2) is 0 Å². The van der Waals surface area contributed by atoms with Gasteiger partial charge >= 0.3 is 0 Å². The van der Waals surface area contributed by atoms with E-state index in [1.165, 1.54) is 0 Å². The predicted octanol–water partition coefficient (Wildman–Crippen LogP) is 2.35. The van der Waals surface area contributed by atoms with Gasteiger partial charge in [0.1, 0.15) is 5.75 Å². The van der Waals surface area contributed by atoms with Crippen LogP contribution in [0.1, 0.15) is 5.56 Å². The number of benzene rings is 1. The summed E-state index contributed by atoms with van der Waals surface area (Å²) in [6, 6.07) is 3.83. The third-order valence-electron chi connectivity index (χ3n) is 1.48. The molecule has 0 unspecified atom stereocenters. The highest BCUT2D eigenvalue weighted by molar-refractivity contribution is 14.1. The van der Waals surface area contributed by atoms with Crippen molar-refractivity contribution in [3.05, 3.63) is 25.7 Å². The zero-order valence-electron chi connectivity index (χ0n) is 6.92. The van der Waals surface area contributed by atoms with Crippen molar-refractivity contribution in [2.45, 2.75) is 0 Å². The number of hydrogen-bond donors (Lipinski definition) is 1. The lowest BCUT2D eigenvalue weighted by Gasteiger charge is -2.05. The molecule has 0 bridgehead atoms. The van der Waals surface area contributed by atoms with Gasteiger partial charge in [0.05, 0.1) is 16.9 Å². The second-order valence-electron chi connectivity index (χ2n) is 2.29. The first-order valence-electron chi connectivity index (χ1n) is 3.45. The van der Waals surface area contributed by atoms with Crippen molar-refractivity contribution >= 4 is 44.7 Å². The van der Waals surface area contributed by atoms with Crippen molar-refractivity contribution in [1.29, 1.82) is 0 Å². The number of rotatable bonds is 2. The highest BCUT2D eigenvalue weighted by Crippen LogP contribution is 2.27. The Morgan fingerprint density at radius 2 is 2.31 bits per heavy atom. The molecule has 0 atom stereocenters. The summed E-state index contributed by atoms with van der Waals surface area (Å²) in [5, 5.41) is 3.46. The average Bonchev–Trinajstić information content (AvgIpc) is 2.11. The Morgan fingerprint density at radius 1 is 1.62 bits per heavy atom. The molecule has 1 aromatic rings. The molecule has 0 radical (unpaired) electrons. The van der Waals surface area contributed by atoms with Crippen molar-refractivity contribution < 1.29 is 4.74 Å². The van der Waals surface area contributed by atoms with E-state index in [-0.39, 0.29) is 0 Å². The number of hydrazone groups is 1. The minimum atomic E-state index is 0.835. The summed E-state index contributed by atoms with van der Waals surface area (Å²) >= 11 is 5.59. The molecule has 70 valence electrons. The molecule has 3 nitrogen and oxygen atoms in total. The van der Waals surface area contributed by atoms with Crippen LogP contribution in [0.25, 0.3) is 0 Å². The predicted molar refractivity (Wildman–Crippen MR) is 65.2 cm³/mol. The molecule has 0 aliphatic carbocycles. The van der Waals surface area contributed by atoms with Crippen LogP contribution in [-0.4, -0.2) is 13.3 Å². The maximum absolute atomic E-state index is 5.15. The van der Waals surface area contributed by atoms with Crippen molar-refractivity contribution in [2.24, 2.45) is 10.9 Å². The van der Waals surface area contributed by atoms with Crippen molar-refractivity contribution in [3.63, 3.8) is 0 Å². The van der Waals surface area contributed by atoms with E-state index in [0.717, 1.165) is 19.4 Å². The summed E-state index contributed by atoms with van der Waals surface area (Å²) in [6.07, 6.45) is 1.59. The number of nitrogens with zero attached hydrogens (tertiary/aromatic N) is 1. The zero-order chi connectivity index (χ0) is 9.84. The van der Waals surface area contributed by atoms with Gasteiger partial charge in [-0.2, -0.15) is 5.10 Å². The van der Waals surface area contributed by atoms with E-state index in [4.69, 9.17) is 10.6 Å². The minimum Gasteiger partial charge on any atom is -0.496 e. The molecule has 0 aliphatic heterocycles. The number of methoxy groups -OCH3 is 1. The number of ether oxygens (including phenoxy) is 1. The van der Waals surface area contributed by atoms with Crippen LogP contribution in [0.2, 0.25) is 0 Å². The monoisotopic (exact) mass is 354 g/mol. The Balaban J connectivity index is 3.20. The van der Waals surface area contributed by atoms with Crippen LogP contribution in [0.15, 0.2) is 21.7 Å². The van der Waals surface area contributed by atoms with Gasteiger partial charge in [0.2, 0.25) is 0 Å². The van der Waals surface area contributed by atoms with Crippen molar-refractivity contribution in [3.8, 4) is 5.75 Å². The van der Waals surface area contributed by atoms with Gasteiger partial charge < -0.3 is 10.6 Å². The van der Waals surface area contributed by atoms with Crippen LogP contribution < -0.4 is 10.6 Å². The SMILES string of the molecule is COc1cc(Br)c(C=NN)cc1I. The highest BCUT2D eigenvalue weighted by Gasteiger charge is 2.04. The first kappa shape index (κ1) is 10.8. The maximum atomic E-state index is 5.15. The largest absolute Gasteiger partial charge is 0.496 e. The highest BCUT2D eigenvalue weighted by atomic mass is 127. The first-order valence-corrected chi connectivity index (χ1v) is 5.32. The van der Waals surface area contributed by atoms with Crippen LogP contribution in [-0.2, 0) is 0 Å². The summed E-state index contributed by atoms with van der Waals surface area (Å²) < 4.78 is 7.09. The third-order valence-corrected chi connectivity index (χ3v) is 3.01. The van der Waals surface area contributed by atoms with Crippen LogP contribution in [0.5, 0.6) is 5.75 Å². The smallest absolute Gasteiger partial charge is 0.133 e. The molecule has 0 aliphatic rings. The summed E-state index contributed by atoms with van der Waals surface area (Å²) in [4.78, 5) is 0. The Morgan fingerprint density at radius 3 is 2.85 bits per heavy atom. The Hall–Kier alpha value is -0.300. The lowest BCUT2D eigenvalue weighted by molar-refractivity contribution is 0.411. The fraction of sp³-hybridized carbons (Fsp3) is 0.125. The van der Waals surface area contributed by atoms with Gasteiger partial charge in [0.15, 0.2) is 0 Å². The quantitative estimate of drug-likeness (QED) is 0.383. The number of hydrogen-bond acceptors (Lipinski definition) is 3. The summed E-state index contributed by atoms with van der Waals surface area (Å²) in [6.45, 7) is 0. The second kappa shape index (κ2) is 4.80. The van der Waals surface area contributed by atoms with Gasteiger partial charge in [0, 0.05) is 10.0 Å². The molecule has 0 saturated heterocycles. The molecule has 0 spiro atoms. The Labute approximate surface area is 98.6 Å². The van der Waals surface area contributed by atoms with Gasteiger partial charge in [-0.1, -0.05) is 0 Å². The minimum absolute atomic E-state index is 0.835. The second-order valence-corrected chi connectivity index (χ2v) is 4.30. The van der Waals surface area contributed by atoms with Crippen molar-refractivity contribution in [1.82, 2.24) is 0 Å². The number of nitrogens with two attached hydrogens (primary N) is 1. The van der Waals surface area contributed by atoms with Gasteiger partial charge in [-0.15, -0.1) is 0 Å². The lowest BCUT2D eigenvalue weighted by atomic mass is 10.2. The molecule has 1 rings (SSSR count). The molecule has 13 heavy (non-hydrogen) atoms. The zero-order valence-corrected chi connectivity index (χ0v) is 10.7. The van der Waals surface area contributed by atoms with Gasteiger partial charge in [-0.05, 0) is 50.7 Å². The molecule has 0 heterocycles. The molecule has 0 saturated carbocycles. The summed E-state index contributed by atoms with van der Waals surface area (Å²) in [5.74, 6) is 5.90. The third kappa shape index (κ3) is 2.57. The van der Waals surface area contributed by atoms with E-state index < -0.39 is 0 Å². The molecule has 2 N–H and O–H groups in total. The van der Waals surface area contributed by atoms with E-state index in [2.05, 4.69) is 43.6 Å². The molecule has 5 heteroatoms.